The molecule has 1 heterocycles. The van der Waals surface area contributed by atoms with Crippen molar-refractivity contribution in [2.45, 2.75) is 26.9 Å². The zero-order valence-electron chi connectivity index (χ0n) is 12.2. The van der Waals surface area contributed by atoms with Crippen molar-refractivity contribution < 1.29 is 4.74 Å². The second-order valence-electron chi connectivity index (χ2n) is 5.16. The molecule has 0 N–H and O–H groups in total. The van der Waals surface area contributed by atoms with E-state index in [1.54, 1.807) is 0 Å². The standard InChI is InChI=1S/C18H19NO/c1-4-20-13(3)18-15-8-6-5-7-14(15)16-11-12(2)9-10-17(16)19-18/h5-11,13H,4H2,1-3H3. The summed E-state index contributed by atoms with van der Waals surface area (Å²) in [6.07, 6.45) is 0.00982. The van der Waals surface area contributed by atoms with Gasteiger partial charge in [-0.05, 0) is 38.3 Å². The molecule has 0 bridgehead atoms. The van der Waals surface area contributed by atoms with Crippen LogP contribution < -0.4 is 0 Å². The molecular weight excluding hydrogens is 246 g/mol. The molecule has 20 heavy (non-hydrogen) atoms. The summed E-state index contributed by atoms with van der Waals surface area (Å²) < 4.78 is 5.75. The van der Waals surface area contributed by atoms with Crippen molar-refractivity contribution in [1.82, 2.24) is 4.98 Å². The van der Waals surface area contributed by atoms with Gasteiger partial charge < -0.3 is 4.74 Å². The lowest BCUT2D eigenvalue weighted by molar-refractivity contribution is 0.0747. The second kappa shape index (κ2) is 5.22. The maximum Gasteiger partial charge on any atom is 0.0972 e. The van der Waals surface area contributed by atoms with Crippen molar-refractivity contribution >= 4 is 21.7 Å². The number of hydrogen-bond acceptors (Lipinski definition) is 2. The third-order valence-electron chi connectivity index (χ3n) is 3.69. The van der Waals surface area contributed by atoms with E-state index in [9.17, 15) is 0 Å². The van der Waals surface area contributed by atoms with Gasteiger partial charge in [0.15, 0.2) is 0 Å². The Morgan fingerprint density at radius 1 is 1.05 bits per heavy atom. The summed E-state index contributed by atoms with van der Waals surface area (Å²) >= 11 is 0. The molecule has 0 aliphatic heterocycles. The van der Waals surface area contributed by atoms with Gasteiger partial charge in [-0.2, -0.15) is 0 Å². The minimum absolute atomic E-state index is 0.00982. The van der Waals surface area contributed by atoms with E-state index in [1.165, 1.54) is 21.7 Å². The van der Waals surface area contributed by atoms with Crippen molar-refractivity contribution in [1.29, 1.82) is 0 Å². The summed E-state index contributed by atoms with van der Waals surface area (Å²) in [5.41, 5.74) is 3.32. The number of rotatable bonds is 3. The summed E-state index contributed by atoms with van der Waals surface area (Å²) in [6.45, 7) is 6.90. The number of ether oxygens (including phenoxy) is 1. The third-order valence-corrected chi connectivity index (χ3v) is 3.69. The molecule has 0 fully saturated rings. The van der Waals surface area contributed by atoms with Crippen LogP contribution in [-0.4, -0.2) is 11.6 Å². The molecule has 2 nitrogen and oxygen atoms in total. The number of fused-ring (bicyclic) bond motifs is 3. The summed E-state index contributed by atoms with van der Waals surface area (Å²) in [6, 6.07) is 14.9. The first kappa shape index (κ1) is 13.1. The Labute approximate surface area is 119 Å². The van der Waals surface area contributed by atoms with Gasteiger partial charge in [0.05, 0.1) is 17.3 Å². The Morgan fingerprint density at radius 3 is 2.55 bits per heavy atom. The molecule has 3 rings (SSSR count). The van der Waals surface area contributed by atoms with E-state index < -0.39 is 0 Å². The minimum Gasteiger partial charge on any atom is -0.372 e. The average molecular weight is 265 g/mol. The van der Waals surface area contributed by atoms with E-state index >= 15 is 0 Å². The van der Waals surface area contributed by atoms with Crippen LogP contribution in [0.25, 0.3) is 21.7 Å². The van der Waals surface area contributed by atoms with Crippen LogP contribution in [-0.2, 0) is 4.74 Å². The van der Waals surface area contributed by atoms with Gasteiger partial charge in [0.2, 0.25) is 0 Å². The first-order valence-corrected chi connectivity index (χ1v) is 7.11. The van der Waals surface area contributed by atoms with Crippen molar-refractivity contribution in [2.24, 2.45) is 0 Å². The normalized spacial score (nSPS) is 12.9. The van der Waals surface area contributed by atoms with Crippen LogP contribution in [0.2, 0.25) is 0 Å². The van der Waals surface area contributed by atoms with E-state index in [-0.39, 0.29) is 6.10 Å². The number of aryl methyl sites for hydroxylation is 1. The second-order valence-corrected chi connectivity index (χ2v) is 5.16. The minimum atomic E-state index is 0.00982. The van der Waals surface area contributed by atoms with Gasteiger partial charge in [-0.15, -0.1) is 0 Å². The molecule has 0 radical (unpaired) electrons. The third kappa shape index (κ3) is 2.16. The zero-order valence-corrected chi connectivity index (χ0v) is 12.2. The Kier molecular flexibility index (Phi) is 3.41. The topological polar surface area (TPSA) is 22.1 Å². The van der Waals surface area contributed by atoms with Crippen LogP contribution in [0, 0.1) is 6.92 Å². The molecular formula is C18H19NO. The highest BCUT2D eigenvalue weighted by molar-refractivity contribution is 6.06. The fourth-order valence-electron chi connectivity index (χ4n) is 2.73. The smallest absolute Gasteiger partial charge is 0.0972 e. The average Bonchev–Trinajstić information content (AvgIpc) is 2.47. The SMILES string of the molecule is CCOC(C)c1nc2ccc(C)cc2c2ccccc12. The largest absolute Gasteiger partial charge is 0.372 e. The zero-order chi connectivity index (χ0) is 14.1. The number of hydrogen-bond donors (Lipinski definition) is 0. The Balaban J connectivity index is 2.36. The van der Waals surface area contributed by atoms with Gasteiger partial charge in [-0.1, -0.05) is 35.9 Å². The Bertz CT molecular complexity index is 764. The number of pyridine rings is 1. The van der Waals surface area contributed by atoms with Crippen LogP contribution in [0.15, 0.2) is 42.5 Å². The highest BCUT2D eigenvalue weighted by Gasteiger charge is 2.13. The van der Waals surface area contributed by atoms with Gasteiger partial charge >= 0.3 is 0 Å². The van der Waals surface area contributed by atoms with E-state index in [1.807, 2.05) is 6.92 Å². The van der Waals surface area contributed by atoms with Crippen LogP contribution in [0.4, 0.5) is 0 Å². The number of nitrogens with zero attached hydrogens (tertiary/aromatic N) is 1. The molecule has 0 spiro atoms. The van der Waals surface area contributed by atoms with E-state index in [0.717, 1.165) is 11.2 Å². The van der Waals surface area contributed by atoms with E-state index in [2.05, 4.69) is 56.3 Å². The van der Waals surface area contributed by atoms with Gasteiger partial charge in [0.25, 0.3) is 0 Å². The maximum atomic E-state index is 5.75. The molecule has 0 aliphatic rings. The lowest BCUT2D eigenvalue weighted by Gasteiger charge is -2.15. The molecule has 1 aromatic heterocycles. The van der Waals surface area contributed by atoms with Crippen molar-refractivity contribution in [3.05, 3.63) is 53.7 Å². The van der Waals surface area contributed by atoms with Crippen LogP contribution >= 0.6 is 0 Å². The van der Waals surface area contributed by atoms with Crippen molar-refractivity contribution in [3.8, 4) is 0 Å². The van der Waals surface area contributed by atoms with E-state index in [4.69, 9.17) is 9.72 Å². The summed E-state index contributed by atoms with van der Waals surface area (Å²) in [5, 5.41) is 3.65. The molecule has 1 atom stereocenters. The predicted octanol–water partition coefficient (Wildman–Crippen LogP) is 4.79. The van der Waals surface area contributed by atoms with E-state index in [0.29, 0.717) is 6.61 Å². The Morgan fingerprint density at radius 2 is 1.80 bits per heavy atom. The lowest BCUT2D eigenvalue weighted by Crippen LogP contribution is -2.03. The van der Waals surface area contributed by atoms with Crippen LogP contribution in [0.5, 0.6) is 0 Å². The molecule has 0 amide bonds. The fraction of sp³-hybridized carbons (Fsp3) is 0.278. The molecule has 0 saturated heterocycles. The first-order valence-electron chi connectivity index (χ1n) is 7.11. The quantitative estimate of drug-likeness (QED) is 0.635. The van der Waals surface area contributed by atoms with Crippen LogP contribution in [0.3, 0.4) is 0 Å². The summed E-state index contributed by atoms with van der Waals surface area (Å²) in [4.78, 5) is 4.84. The first-order chi connectivity index (χ1) is 9.70. The molecule has 1 unspecified atom stereocenters. The fourth-order valence-corrected chi connectivity index (χ4v) is 2.73. The molecule has 2 aromatic carbocycles. The predicted molar refractivity (Wildman–Crippen MR) is 84.0 cm³/mol. The summed E-state index contributed by atoms with van der Waals surface area (Å²) in [7, 11) is 0. The van der Waals surface area contributed by atoms with Gasteiger partial charge in [0.1, 0.15) is 0 Å². The van der Waals surface area contributed by atoms with Gasteiger partial charge in [-0.3, -0.25) is 0 Å². The van der Waals surface area contributed by atoms with Crippen LogP contribution in [0.1, 0.15) is 31.2 Å². The van der Waals surface area contributed by atoms with Crippen molar-refractivity contribution in [3.63, 3.8) is 0 Å². The number of benzene rings is 2. The molecule has 0 saturated carbocycles. The molecule has 102 valence electrons. The monoisotopic (exact) mass is 265 g/mol. The summed E-state index contributed by atoms with van der Waals surface area (Å²) in [5.74, 6) is 0. The molecule has 3 aromatic rings. The maximum absolute atomic E-state index is 5.75. The van der Waals surface area contributed by atoms with Gasteiger partial charge in [0, 0.05) is 17.4 Å². The van der Waals surface area contributed by atoms with Crippen molar-refractivity contribution in [2.75, 3.05) is 6.61 Å². The highest BCUT2D eigenvalue weighted by atomic mass is 16.5. The van der Waals surface area contributed by atoms with Gasteiger partial charge in [-0.25, -0.2) is 4.98 Å². The molecule has 0 aliphatic carbocycles. The lowest BCUT2D eigenvalue weighted by atomic mass is 10.0. The Hall–Kier alpha value is -1.93. The molecule has 2 heteroatoms. The number of aromatic nitrogens is 1. The highest BCUT2D eigenvalue weighted by Crippen LogP contribution is 2.31.